The molecule has 1 saturated carbocycles. The molecule has 1 aliphatic carbocycles. The van der Waals surface area contributed by atoms with Gasteiger partial charge < -0.3 is 0 Å². The van der Waals surface area contributed by atoms with Gasteiger partial charge in [-0.2, -0.15) is 0 Å². The smallest absolute Gasteiger partial charge is 0.0794 e. The van der Waals surface area contributed by atoms with Crippen LogP contribution < -0.4 is 0 Å². The lowest BCUT2D eigenvalue weighted by molar-refractivity contribution is 0.144. The van der Waals surface area contributed by atoms with Crippen molar-refractivity contribution < 1.29 is 0 Å². The summed E-state index contributed by atoms with van der Waals surface area (Å²) in [6.45, 7) is 7.07. The first-order valence-electron chi connectivity index (χ1n) is 6.48. The topological polar surface area (TPSA) is 12.9 Å². The van der Waals surface area contributed by atoms with Crippen LogP contribution in [0.4, 0.5) is 0 Å². The predicted octanol–water partition coefficient (Wildman–Crippen LogP) is 4.76. The highest BCUT2D eigenvalue weighted by atomic mass is 35.5. The van der Waals surface area contributed by atoms with Crippen LogP contribution in [-0.4, -0.2) is 10.4 Å². The molecule has 1 nitrogen and oxygen atoms in total. The van der Waals surface area contributed by atoms with Crippen LogP contribution in [0.2, 0.25) is 0 Å². The quantitative estimate of drug-likeness (QED) is 0.707. The number of halogens is 1. The van der Waals surface area contributed by atoms with E-state index in [2.05, 4.69) is 25.8 Å². The Bertz CT molecular complexity index is 342. The molecule has 0 bridgehead atoms. The standard InChI is InChI=1S/C14H22ClNS/c1-14(2,3)11-4-5-13(15)10(6-11)7-12-8-16-9-17-12/h8-11,13H,4-7H2,1-3H3. The molecule has 0 spiro atoms. The number of alkyl halides is 1. The molecule has 1 heterocycles. The Balaban J connectivity index is 2.00. The van der Waals surface area contributed by atoms with E-state index in [1.165, 1.54) is 24.1 Å². The van der Waals surface area contributed by atoms with Crippen molar-refractivity contribution in [1.82, 2.24) is 4.98 Å². The molecule has 1 fully saturated rings. The Labute approximate surface area is 114 Å². The van der Waals surface area contributed by atoms with E-state index in [4.69, 9.17) is 11.6 Å². The van der Waals surface area contributed by atoms with Gasteiger partial charge in [0, 0.05) is 16.5 Å². The summed E-state index contributed by atoms with van der Waals surface area (Å²) >= 11 is 8.26. The largest absolute Gasteiger partial charge is 0.253 e. The van der Waals surface area contributed by atoms with E-state index >= 15 is 0 Å². The summed E-state index contributed by atoms with van der Waals surface area (Å²) in [5.74, 6) is 1.45. The van der Waals surface area contributed by atoms with Crippen LogP contribution in [0.3, 0.4) is 0 Å². The Morgan fingerprint density at radius 2 is 2.18 bits per heavy atom. The van der Waals surface area contributed by atoms with Gasteiger partial charge in [-0.05, 0) is 42.9 Å². The summed E-state index contributed by atoms with van der Waals surface area (Å²) in [6.07, 6.45) is 6.85. The Hall–Kier alpha value is -0.0800. The Kier molecular flexibility index (Phi) is 4.14. The molecular weight excluding hydrogens is 250 g/mol. The van der Waals surface area contributed by atoms with Gasteiger partial charge in [-0.1, -0.05) is 20.8 Å². The van der Waals surface area contributed by atoms with Crippen molar-refractivity contribution in [2.75, 3.05) is 0 Å². The third-order valence-electron chi connectivity index (χ3n) is 4.06. The minimum atomic E-state index is 0.357. The van der Waals surface area contributed by atoms with Gasteiger partial charge in [-0.25, -0.2) is 0 Å². The van der Waals surface area contributed by atoms with Crippen molar-refractivity contribution in [3.8, 4) is 0 Å². The summed E-state index contributed by atoms with van der Waals surface area (Å²) in [7, 11) is 0. The normalized spacial score (nSPS) is 30.5. The van der Waals surface area contributed by atoms with Crippen molar-refractivity contribution in [2.45, 2.75) is 51.8 Å². The summed E-state index contributed by atoms with van der Waals surface area (Å²) in [5.41, 5.74) is 2.34. The highest BCUT2D eigenvalue weighted by Crippen LogP contribution is 2.43. The molecule has 0 radical (unpaired) electrons. The van der Waals surface area contributed by atoms with E-state index in [9.17, 15) is 0 Å². The van der Waals surface area contributed by atoms with Gasteiger partial charge in [-0.3, -0.25) is 4.98 Å². The zero-order valence-electron chi connectivity index (χ0n) is 10.9. The van der Waals surface area contributed by atoms with Crippen molar-refractivity contribution in [3.63, 3.8) is 0 Å². The zero-order chi connectivity index (χ0) is 12.5. The number of hydrogen-bond donors (Lipinski definition) is 0. The first-order valence-corrected chi connectivity index (χ1v) is 7.80. The highest BCUT2D eigenvalue weighted by molar-refractivity contribution is 7.09. The van der Waals surface area contributed by atoms with Crippen LogP contribution in [0.25, 0.3) is 0 Å². The second-order valence-electron chi connectivity index (χ2n) is 6.32. The molecule has 17 heavy (non-hydrogen) atoms. The molecule has 3 heteroatoms. The second kappa shape index (κ2) is 5.27. The van der Waals surface area contributed by atoms with Crippen LogP contribution in [-0.2, 0) is 6.42 Å². The zero-order valence-corrected chi connectivity index (χ0v) is 12.5. The molecule has 0 saturated heterocycles. The molecule has 1 aromatic heterocycles. The van der Waals surface area contributed by atoms with Gasteiger partial charge in [0.1, 0.15) is 0 Å². The van der Waals surface area contributed by atoms with Gasteiger partial charge >= 0.3 is 0 Å². The summed E-state index contributed by atoms with van der Waals surface area (Å²) in [4.78, 5) is 5.54. The lowest BCUT2D eigenvalue weighted by Gasteiger charge is -2.40. The first-order chi connectivity index (χ1) is 7.97. The van der Waals surface area contributed by atoms with Crippen LogP contribution in [0.15, 0.2) is 11.7 Å². The summed E-state index contributed by atoms with van der Waals surface area (Å²) in [5, 5.41) is 0.357. The highest BCUT2D eigenvalue weighted by Gasteiger charge is 2.35. The maximum absolute atomic E-state index is 6.50. The fraction of sp³-hybridized carbons (Fsp3) is 0.786. The number of nitrogens with zero attached hydrogens (tertiary/aromatic N) is 1. The molecule has 0 amide bonds. The first kappa shape index (κ1) is 13.4. The molecule has 3 atom stereocenters. The van der Waals surface area contributed by atoms with Crippen LogP contribution >= 0.6 is 22.9 Å². The van der Waals surface area contributed by atoms with Crippen molar-refractivity contribution in [2.24, 2.45) is 17.3 Å². The molecule has 0 N–H and O–H groups in total. The third-order valence-corrected chi connectivity index (χ3v) is 5.44. The molecular formula is C14H22ClNS. The van der Waals surface area contributed by atoms with Crippen LogP contribution in [0, 0.1) is 17.3 Å². The van der Waals surface area contributed by atoms with E-state index in [1.54, 1.807) is 11.3 Å². The maximum Gasteiger partial charge on any atom is 0.0794 e. The molecule has 1 aliphatic rings. The fourth-order valence-corrected chi connectivity index (χ4v) is 3.83. The maximum atomic E-state index is 6.50. The minimum absolute atomic E-state index is 0.357. The lowest BCUT2D eigenvalue weighted by Crippen LogP contribution is -2.33. The van der Waals surface area contributed by atoms with Crippen molar-refractivity contribution >= 4 is 22.9 Å². The molecule has 96 valence electrons. The third kappa shape index (κ3) is 3.45. The van der Waals surface area contributed by atoms with Crippen molar-refractivity contribution in [3.05, 3.63) is 16.6 Å². The van der Waals surface area contributed by atoms with Gasteiger partial charge in [0.05, 0.1) is 5.51 Å². The average Bonchev–Trinajstić information content (AvgIpc) is 2.72. The monoisotopic (exact) mass is 271 g/mol. The van der Waals surface area contributed by atoms with E-state index in [1.807, 2.05) is 11.7 Å². The van der Waals surface area contributed by atoms with Crippen molar-refractivity contribution in [1.29, 1.82) is 0 Å². The second-order valence-corrected chi connectivity index (χ2v) is 7.86. The number of thiazole rings is 1. The van der Waals surface area contributed by atoms with E-state index in [0.29, 0.717) is 16.7 Å². The number of aromatic nitrogens is 1. The van der Waals surface area contributed by atoms with Crippen LogP contribution in [0.1, 0.15) is 44.9 Å². The van der Waals surface area contributed by atoms with Gasteiger partial charge in [-0.15, -0.1) is 22.9 Å². The molecule has 0 aromatic carbocycles. The Morgan fingerprint density at radius 1 is 1.41 bits per heavy atom. The summed E-state index contributed by atoms with van der Waals surface area (Å²) < 4.78 is 0. The average molecular weight is 272 g/mol. The molecule has 1 aromatic rings. The molecule has 0 aliphatic heterocycles. The lowest BCUT2D eigenvalue weighted by atomic mass is 9.68. The number of rotatable bonds is 2. The fourth-order valence-electron chi connectivity index (χ4n) is 2.83. The van der Waals surface area contributed by atoms with E-state index in [0.717, 1.165) is 12.3 Å². The molecule has 2 rings (SSSR count). The molecule has 3 unspecified atom stereocenters. The predicted molar refractivity (Wildman–Crippen MR) is 75.7 cm³/mol. The SMILES string of the molecule is CC(C)(C)C1CCC(Cl)C(Cc2cncs2)C1. The van der Waals surface area contributed by atoms with Gasteiger partial charge in [0.15, 0.2) is 0 Å². The van der Waals surface area contributed by atoms with E-state index in [-0.39, 0.29) is 0 Å². The van der Waals surface area contributed by atoms with Crippen LogP contribution in [0.5, 0.6) is 0 Å². The van der Waals surface area contributed by atoms with Gasteiger partial charge in [0.2, 0.25) is 0 Å². The van der Waals surface area contributed by atoms with Gasteiger partial charge in [0.25, 0.3) is 0 Å². The number of hydrogen-bond acceptors (Lipinski definition) is 2. The Morgan fingerprint density at radius 3 is 2.76 bits per heavy atom. The van der Waals surface area contributed by atoms with E-state index < -0.39 is 0 Å². The minimum Gasteiger partial charge on any atom is -0.253 e. The summed E-state index contributed by atoms with van der Waals surface area (Å²) in [6, 6.07) is 0.